The van der Waals surface area contributed by atoms with Crippen LogP contribution in [0.3, 0.4) is 0 Å². The predicted octanol–water partition coefficient (Wildman–Crippen LogP) is 1.08. The van der Waals surface area contributed by atoms with Gasteiger partial charge in [-0.2, -0.15) is 0 Å². The first kappa shape index (κ1) is 14.9. The molecule has 0 unspecified atom stereocenters. The molecule has 0 saturated carbocycles. The quantitative estimate of drug-likeness (QED) is 0.746. The third kappa shape index (κ3) is 4.55. The SMILES string of the molecule is COC[C@@H](C)NC(=O)Nc1ccc(C(N)=O)cc1F. The minimum Gasteiger partial charge on any atom is -0.383 e. The molecule has 0 heterocycles. The predicted molar refractivity (Wildman–Crippen MR) is 68.4 cm³/mol. The van der Waals surface area contributed by atoms with Gasteiger partial charge in [-0.1, -0.05) is 0 Å². The first-order chi connectivity index (χ1) is 8.93. The van der Waals surface area contributed by atoms with Crippen molar-refractivity contribution in [3.8, 4) is 0 Å². The molecule has 0 fully saturated rings. The second kappa shape index (κ2) is 6.69. The second-order valence-corrected chi connectivity index (χ2v) is 4.01. The van der Waals surface area contributed by atoms with Crippen LogP contribution in [0.5, 0.6) is 0 Å². The van der Waals surface area contributed by atoms with Gasteiger partial charge >= 0.3 is 6.03 Å². The molecule has 1 aromatic rings. The average Bonchev–Trinajstić information content (AvgIpc) is 2.31. The van der Waals surface area contributed by atoms with Gasteiger partial charge in [0.2, 0.25) is 5.91 Å². The van der Waals surface area contributed by atoms with Gasteiger partial charge in [-0.25, -0.2) is 9.18 Å². The summed E-state index contributed by atoms with van der Waals surface area (Å²) in [6.07, 6.45) is 0. The highest BCUT2D eigenvalue weighted by Gasteiger charge is 2.11. The number of benzene rings is 1. The van der Waals surface area contributed by atoms with E-state index in [4.69, 9.17) is 10.5 Å². The number of nitrogens with two attached hydrogens (primary N) is 1. The van der Waals surface area contributed by atoms with Crippen molar-refractivity contribution < 1.29 is 18.7 Å². The Bertz CT molecular complexity index is 479. The number of rotatable bonds is 5. The Morgan fingerprint density at radius 2 is 2.16 bits per heavy atom. The molecule has 1 atom stereocenters. The number of amides is 3. The van der Waals surface area contributed by atoms with E-state index in [0.717, 1.165) is 6.07 Å². The second-order valence-electron chi connectivity index (χ2n) is 4.01. The molecule has 0 spiro atoms. The number of anilines is 1. The van der Waals surface area contributed by atoms with E-state index in [1.807, 2.05) is 0 Å². The third-order valence-corrected chi connectivity index (χ3v) is 2.30. The van der Waals surface area contributed by atoms with Gasteiger partial charge in [0.15, 0.2) is 0 Å². The number of ether oxygens (including phenoxy) is 1. The molecule has 104 valence electrons. The topological polar surface area (TPSA) is 93.4 Å². The minimum absolute atomic E-state index is 0.0351. The summed E-state index contributed by atoms with van der Waals surface area (Å²) in [4.78, 5) is 22.4. The van der Waals surface area contributed by atoms with Crippen molar-refractivity contribution in [2.75, 3.05) is 19.0 Å². The van der Waals surface area contributed by atoms with Crippen molar-refractivity contribution >= 4 is 17.6 Å². The lowest BCUT2D eigenvalue weighted by molar-refractivity contribution is 0.1000. The van der Waals surface area contributed by atoms with Crippen molar-refractivity contribution in [2.45, 2.75) is 13.0 Å². The zero-order chi connectivity index (χ0) is 14.4. The number of nitrogens with one attached hydrogen (secondary N) is 2. The van der Waals surface area contributed by atoms with Crippen molar-refractivity contribution in [1.29, 1.82) is 0 Å². The van der Waals surface area contributed by atoms with E-state index >= 15 is 0 Å². The van der Waals surface area contributed by atoms with Crippen LogP contribution in [0.1, 0.15) is 17.3 Å². The van der Waals surface area contributed by atoms with Gasteiger partial charge in [0.1, 0.15) is 5.82 Å². The normalized spacial score (nSPS) is 11.7. The number of primary amides is 1. The summed E-state index contributed by atoms with van der Waals surface area (Å²) in [6.45, 7) is 2.09. The summed E-state index contributed by atoms with van der Waals surface area (Å²) in [5, 5.41) is 4.89. The van der Waals surface area contributed by atoms with Crippen molar-refractivity contribution in [3.63, 3.8) is 0 Å². The first-order valence-corrected chi connectivity index (χ1v) is 5.60. The summed E-state index contributed by atoms with van der Waals surface area (Å²) < 4.78 is 18.4. The molecule has 0 aliphatic rings. The maximum Gasteiger partial charge on any atom is 0.319 e. The molecule has 19 heavy (non-hydrogen) atoms. The van der Waals surface area contributed by atoms with Crippen LogP contribution in [0.2, 0.25) is 0 Å². The Labute approximate surface area is 110 Å². The van der Waals surface area contributed by atoms with Gasteiger partial charge in [0.05, 0.1) is 18.3 Å². The monoisotopic (exact) mass is 269 g/mol. The molecule has 0 radical (unpaired) electrons. The molecule has 7 heteroatoms. The number of urea groups is 1. The van der Waals surface area contributed by atoms with Crippen LogP contribution >= 0.6 is 0 Å². The zero-order valence-electron chi connectivity index (χ0n) is 10.7. The molecule has 0 aromatic heterocycles. The van der Waals surface area contributed by atoms with Crippen LogP contribution in [0.4, 0.5) is 14.9 Å². The van der Waals surface area contributed by atoms with Crippen molar-refractivity contribution in [3.05, 3.63) is 29.6 Å². The maximum absolute atomic E-state index is 13.6. The van der Waals surface area contributed by atoms with Gasteiger partial charge < -0.3 is 21.1 Å². The smallest absolute Gasteiger partial charge is 0.319 e. The van der Waals surface area contributed by atoms with Gasteiger partial charge in [-0.15, -0.1) is 0 Å². The van der Waals surface area contributed by atoms with Gasteiger partial charge in [0, 0.05) is 12.7 Å². The molecule has 6 nitrogen and oxygen atoms in total. The fourth-order valence-electron chi connectivity index (χ4n) is 1.44. The molecule has 3 amide bonds. The molecule has 0 aliphatic heterocycles. The highest BCUT2D eigenvalue weighted by Crippen LogP contribution is 2.15. The highest BCUT2D eigenvalue weighted by molar-refractivity contribution is 5.94. The van der Waals surface area contributed by atoms with E-state index < -0.39 is 17.8 Å². The Morgan fingerprint density at radius 1 is 1.47 bits per heavy atom. The number of halogens is 1. The van der Waals surface area contributed by atoms with Crippen molar-refractivity contribution in [2.24, 2.45) is 5.73 Å². The Balaban J connectivity index is 2.67. The Morgan fingerprint density at radius 3 is 2.68 bits per heavy atom. The van der Waals surface area contributed by atoms with Gasteiger partial charge in [0.25, 0.3) is 0 Å². The first-order valence-electron chi connectivity index (χ1n) is 5.60. The lowest BCUT2D eigenvalue weighted by Gasteiger charge is -2.14. The Hall–Kier alpha value is -2.15. The summed E-state index contributed by atoms with van der Waals surface area (Å²) in [6, 6.07) is 2.81. The van der Waals surface area contributed by atoms with Crippen LogP contribution in [0.15, 0.2) is 18.2 Å². The van der Waals surface area contributed by atoms with Crippen molar-refractivity contribution in [1.82, 2.24) is 5.32 Å². The molecule has 4 N–H and O–H groups in total. The van der Waals surface area contributed by atoms with Crippen LogP contribution in [0, 0.1) is 5.82 Å². The summed E-state index contributed by atoms with van der Waals surface area (Å²) in [5.74, 6) is -1.46. The number of hydrogen-bond acceptors (Lipinski definition) is 3. The van der Waals surface area contributed by atoms with Crippen LogP contribution in [0.25, 0.3) is 0 Å². The minimum atomic E-state index is -0.733. The molecular weight excluding hydrogens is 253 g/mol. The molecule has 1 aromatic carbocycles. The van der Waals surface area contributed by atoms with Crippen LogP contribution < -0.4 is 16.4 Å². The number of carbonyl (C=O) groups excluding carboxylic acids is 2. The van der Waals surface area contributed by atoms with E-state index in [1.54, 1.807) is 6.92 Å². The standard InChI is InChI=1S/C12H16FN3O3/c1-7(6-19-2)15-12(18)16-10-4-3-8(11(14)17)5-9(10)13/h3-5,7H,6H2,1-2H3,(H2,14,17)(H2,15,16,18)/t7-/m1/s1. The highest BCUT2D eigenvalue weighted by atomic mass is 19.1. The van der Waals surface area contributed by atoms with Gasteiger partial charge in [-0.3, -0.25) is 4.79 Å². The number of hydrogen-bond donors (Lipinski definition) is 3. The van der Waals surface area contributed by atoms with E-state index in [0.29, 0.717) is 6.61 Å². The molecular formula is C12H16FN3O3. The lowest BCUT2D eigenvalue weighted by atomic mass is 10.2. The van der Waals surface area contributed by atoms with Gasteiger partial charge in [-0.05, 0) is 25.1 Å². The molecule has 0 saturated heterocycles. The third-order valence-electron chi connectivity index (χ3n) is 2.30. The van der Waals surface area contributed by atoms with Crippen LogP contribution in [-0.4, -0.2) is 31.7 Å². The van der Waals surface area contributed by atoms with E-state index in [9.17, 15) is 14.0 Å². The average molecular weight is 269 g/mol. The van der Waals surface area contributed by atoms with E-state index in [2.05, 4.69) is 10.6 Å². The summed E-state index contributed by atoms with van der Waals surface area (Å²) >= 11 is 0. The van der Waals surface area contributed by atoms with E-state index in [-0.39, 0.29) is 17.3 Å². The summed E-state index contributed by atoms with van der Waals surface area (Å²) in [5.41, 5.74) is 5.02. The van der Waals surface area contributed by atoms with E-state index in [1.165, 1.54) is 19.2 Å². The lowest BCUT2D eigenvalue weighted by Crippen LogP contribution is -2.38. The maximum atomic E-state index is 13.6. The fraction of sp³-hybridized carbons (Fsp3) is 0.333. The fourth-order valence-corrected chi connectivity index (χ4v) is 1.44. The Kier molecular flexibility index (Phi) is 5.25. The molecule has 1 rings (SSSR count). The van der Waals surface area contributed by atoms with Crippen LogP contribution in [-0.2, 0) is 4.74 Å². The molecule has 0 bridgehead atoms. The molecule has 0 aliphatic carbocycles. The summed E-state index contributed by atoms with van der Waals surface area (Å²) in [7, 11) is 1.51. The largest absolute Gasteiger partial charge is 0.383 e. The zero-order valence-corrected chi connectivity index (χ0v) is 10.7. The number of methoxy groups -OCH3 is 1. The number of carbonyl (C=O) groups is 2.